The molecule has 13 heavy (non-hydrogen) atoms. The van der Waals surface area contributed by atoms with Gasteiger partial charge in [0.25, 0.3) is 0 Å². The smallest absolute Gasteiger partial charge is 0.103 e. The second-order valence-electron chi connectivity index (χ2n) is 2.93. The van der Waals surface area contributed by atoms with E-state index in [0.29, 0.717) is 25.7 Å². The lowest BCUT2D eigenvalue weighted by molar-refractivity contribution is 0.592. The lowest BCUT2D eigenvalue weighted by Crippen LogP contribution is -1.88. The Morgan fingerprint density at radius 2 is 2.00 bits per heavy atom. The van der Waals surface area contributed by atoms with Gasteiger partial charge in [-0.1, -0.05) is 24.3 Å². The summed E-state index contributed by atoms with van der Waals surface area (Å²) in [6.07, 6.45) is 9.43. The third-order valence-electron chi connectivity index (χ3n) is 1.97. The Morgan fingerprint density at radius 3 is 2.69 bits per heavy atom. The standard InChI is InChI=1S/C11H12FN/c12-11-8-4-2-1-3-6-10(11)7-5-9-13/h1-4H,5-8H2/b3-1?,4-2-,11-10-. The maximum absolute atomic E-state index is 13.3. The van der Waals surface area contributed by atoms with E-state index in [2.05, 4.69) is 0 Å². The molecule has 1 aliphatic carbocycles. The summed E-state index contributed by atoms with van der Waals surface area (Å²) in [6, 6.07) is 2.03. The van der Waals surface area contributed by atoms with Crippen molar-refractivity contribution >= 4 is 0 Å². The summed E-state index contributed by atoms with van der Waals surface area (Å²) in [5.41, 5.74) is 0.766. The molecule has 0 N–H and O–H groups in total. The van der Waals surface area contributed by atoms with Gasteiger partial charge in [0.2, 0.25) is 0 Å². The van der Waals surface area contributed by atoms with Crippen LogP contribution in [-0.4, -0.2) is 0 Å². The molecule has 0 aromatic rings. The van der Waals surface area contributed by atoms with Crippen molar-refractivity contribution in [2.45, 2.75) is 25.7 Å². The van der Waals surface area contributed by atoms with Crippen LogP contribution in [0.2, 0.25) is 0 Å². The molecule has 0 heterocycles. The number of hydrogen-bond donors (Lipinski definition) is 0. The molecule has 0 aromatic carbocycles. The summed E-state index contributed by atoms with van der Waals surface area (Å²) in [4.78, 5) is 0. The summed E-state index contributed by atoms with van der Waals surface area (Å²) >= 11 is 0. The van der Waals surface area contributed by atoms with E-state index in [1.54, 1.807) is 6.08 Å². The van der Waals surface area contributed by atoms with Crippen LogP contribution in [-0.2, 0) is 0 Å². The van der Waals surface area contributed by atoms with Gasteiger partial charge in [-0.25, -0.2) is 4.39 Å². The second-order valence-corrected chi connectivity index (χ2v) is 2.93. The Morgan fingerprint density at radius 1 is 1.31 bits per heavy atom. The van der Waals surface area contributed by atoms with E-state index >= 15 is 0 Å². The van der Waals surface area contributed by atoms with Crippen LogP contribution in [0.1, 0.15) is 25.7 Å². The molecule has 0 saturated heterocycles. The zero-order valence-corrected chi connectivity index (χ0v) is 7.46. The molecule has 1 rings (SSSR count). The quantitative estimate of drug-likeness (QED) is 0.634. The highest BCUT2D eigenvalue weighted by atomic mass is 19.1. The van der Waals surface area contributed by atoms with Gasteiger partial charge in [0.15, 0.2) is 0 Å². The van der Waals surface area contributed by atoms with E-state index in [4.69, 9.17) is 5.26 Å². The lowest BCUT2D eigenvalue weighted by Gasteiger charge is -2.05. The zero-order chi connectivity index (χ0) is 9.52. The second kappa shape index (κ2) is 5.31. The van der Waals surface area contributed by atoms with Gasteiger partial charge in [-0.3, -0.25) is 0 Å². The zero-order valence-electron chi connectivity index (χ0n) is 7.46. The predicted octanol–water partition coefficient (Wildman–Crippen LogP) is 3.42. The minimum atomic E-state index is -0.0733. The number of hydrogen-bond acceptors (Lipinski definition) is 1. The van der Waals surface area contributed by atoms with E-state index in [0.717, 1.165) is 5.57 Å². The summed E-state index contributed by atoms with van der Waals surface area (Å²) < 4.78 is 13.3. The molecule has 1 nitrogen and oxygen atoms in total. The monoisotopic (exact) mass is 177 g/mol. The molecule has 2 heteroatoms. The van der Waals surface area contributed by atoms with E-state index < -0.39 is 0 Å². The number of halogens is 1. The van der Waals surface area contributed by atoms with Crippen molar-refractivity contribution in [1.29, 1.82) is 5.26 Å². The normalized spacial score (nSPS) is 24.6. The fourth-order valence-corrected chi connectivity index (χ4v) is 1.24. The summed E-state index contributed by atoms with van der Waals surface area (Å²) in [6.45, 7) is 0. The van der Waals surface area contributed by atoms with Crippen LogP contribution in [0, 0.1) is 11.3 Å². The van der Waals surface area contributed by atoms with Crippen LogP contribution < -0.4 is 0 Å². The van der Waals surface area contributed by atoms with Crippen LogP contribution >= 0.6 is 0 Å². The summed E-state index contributed by atoms with van der Waals surface area (Å²) in [5.74, 6) is -0.0733. The Bertz CT molecular complexity index is 292. The van der Waals surface area contributed by atoms with E-state index in [-0.39, 0.29) is 5.83 Å². The van der Waals surface area contributed by atoms with Crippen molar-refractivity contribution in [2.75, 3.05) is 0 Å². The van der Waals surface area contributed by atoms with E-state index in [9.17, 15) is 4.39 Å². The molecule has 0 bridgehead atoms. The SMILES string of the molecule is N#CCC/C1=C(\F)C/C=C\C=CC1. The first-order valence-electron chi connectivity index (χ1n) is 4.39. The predicted molar refractivity (Wildman–Crippen MR) is 50.5 cm³/mol. The maximum atomic E-state index is 13.3. The van der Waals surface area contributed by atoms with Crippen LogP contribution in [0.25, 0.3) is 0 Å². The average molecular weight is 177 g/mol. The Hall–Kier alpha value is -1.36. The van der Waals surface area contributed by atoms with Crippen molar-refractivity contribution in [2.24, 2.45) is 0 Å². The Balaban J connectivity index is 2.67. The van der Waals surface area contributed by atoms with E-state index in [1.807, 2.05) is 24.3 Å². The van der Waals surface area contributed by atoms with Gasteiger partial charge in [-0.05, 0) is 18.4 Å². The maximum Gasteiger partial charge on any atom is 0.103 e. The van der Waals surface area contributed by atoms with Crippen molar-refractivity contribution in [3.05, 3.63) is 35.7 Å². The molecule has 0 aliphatic heterocycles. The lowest BCUT2D eigenvalue weighted by atomic mass is 10.0. The van der Waals surface area contributed by atoms with Crippen molar-refractivity contribution in [1.82, 2.24) is 0 Å². The molecule has 0 atom stereocenters. The topological polar surface area (TPSA) is 23.8 Å². The molecule has 0 radical (unpaired) electrons. The largest absolute Gasteiger partial charge is 0.212 e. The van der Waals surface area contributed by atoms with Crippen molar-refractivity contribution in [3.8, 4) is 6.07 Å². The molecule has 1 aliphatic rings. The highest BCUT2D eigenvalue weighted by Gasteiger charge is 2.04. The highest BCUT2D eigenvalue weighted by Crippen LogP contribution is 2.21. The fourth-order valence-electron chi connectivity index (χ4n) is 1.24. The van der Waals surface area contributed by atoms with Gasteiger partial charge < -0.3 is 0 Å². The molecule has 0 fully saturated rings. The molecule has 0 saturated carbocycles. The molecule has 0 spiro atoms. The summed E-state index contributed by atoms with van der Waals surface area (Å²) in [7, 11) is 0. The first-order chi connectivity index (χ1) is 6.34. The Kier molecular flexibility index (Phi) is 3.98. The van der Waals surface area contributed by atoms with Gasteiger partial charge in [0.1, 0.15) is 5.83 Å². The van der Waals surface area contributed by atoms with Crippen LogP contribution in [0.15, 0.2) is 35.7 Å². The molecule has 0 unspecified atom stereocenters. The molecule has 68 valence electrons. The van der Waals surface area contributed by atoms with Gasteiger partial charge in [-0.15, -0.1) is 0 Å². The first-order valence-corrected chi connectivity index (χ1v) is 4.39. The molecule has 0 amide bonds. The molecule has 0 aromatic heterocycles. The third-order valence-corrected chi connectivity index (χ3v) is 1.97. The molecular formula is C11H12FN. The minimum absolute atomic E-state index is 0.0733. The van der Waals surface area contributed by atoms with Gasteiger partial charge >= 0.3 is 0 Å². The number of nitrogens with zero attached hydrogens (tertiary/aromatic N) is 1. The van der Waals surface area contributed by atoms with E-state index in [1.165, 1.54) is 0 Å². The molecular weight excluding hydrogens is 165 g/mol. The fraction of sp³-hybridized carbons (Fsp3) is 0.364. The van der Waals surface area contributed by atoms with Crippen molar-refractivity contribution in [3.63, 3.8) is 0 Å². The minimum Gasteiger partial charge on any atom is -0.212 e. The van der Waals surface area contributed by atoms with Crippen molar-refractivity contribution < 1.29 is 4.39 Å². The Labute approximate surface area is 77.9 Å². The van der Waals surface area contributed by atoms with Gasteiger partial charge in [0, 0.05) is 12.8 Å². The third kappa shape index (κ3) is 3.25. The van der Waals surface area contributed by atoms with Gasteiger partial charge in [-0.2, -0.15) is 5.26 Å². The highest BCUT2D eigenvalue weighted by molar-refractivity contribution is 5.20. The number of allylic oxidation sites excluding steroid dienone is 6. The first kappa shape index (κ1) is 9.73. The van der Waals surface area contributed by atoms with Crippen LogP contribution in [0.5, 0.6) is 0 Å². The summed E-state index contributed by atoms with van der Waals surface area (Å²) in [5, 5.41) is 8.38. The average Bonchev–Trinajstić information content (AvgIpc) is 2.11. The van der Waals surface area contributed by atoms with Gasteiger partial charge in [0.05, 0.1) is 6.07 Å². The number of nitriles is 1. The number of rotatable bonds is 2. The van der Waals surface area contributed by atoms with Crippen LogP contribution in [0.4, 0.5) is 4.39 Å². The van der Waals surface area contributed by atoms with Crippen LogP contribution in [0.3, 0.4) is 0 Å².